The molecule has 0 fully saturated rings. The normalized spacial score (nSPS) is 13.8. The minimum absolute atomic E-state index is 0.124. The fraction of sp³-hybridized carbons (Fsp3) is 1.00. The van der Waals surface area contributed by atoms with Gasteiger partial charge < -0.3 is 24.5 Å². The van der Waals surface area contributed by atoms with Crippen molar-refractivity contribution in [1.82, 2.24) is 10.2 Å². The third-order valence-electron chi connectivity index (χ3n) is 1.75. The molecule has 0 aromatic carbocycles. The predicted octanol–water partition coefficient (Wildman–Crippen LogP) is -0.833. The topological polar surface area (TPSA) is 130 Å². The van der Waals surface area contributed by atoms with E-state index in [2.05, 4.69) is 5.32 Å². The fourth-order valence-electron chi connectivity index (χ4n) is 1.06. The molecule has 0 unspecified atom stereocenters. The summed E-state index contributed by atoms with van der Waals surface area (Å²) >= 11 is 0. The molecule has 10 heteroatoms. The molecule has 0 aliphatic carbocycles. The molecular weight excluding hydrogens is 258 g/mol. The number of nitrogens with one attached hydrogen (secondary N) is 1. The van der Waals surface area contributed by atoms with Crippen molar-refractivity contribution in [3.63, 3.8) is 0 Å². The molecule has 0 aromatic rings. The van der Waals surface area contributed by atoms with Crippen LogP contribution in [0.5, 0.6) is 0 Å². The van der Waals surface area contributed by atoms with Crippen molar-refractivity contribution in [2.45, 2.75) is 11.9 Å². The van der Waals surface area contributed by atoms with Gasteiger partial charge in [0.15, 0.2) is 0 Å². The number of rotatable bonds is 7. The Labute approximate surface area is 94.0 Å². The van der Waals surface area contributed by atoms with Gasteiger partial charge in [-0.3, -0.25) is 14.4 Å². The molecule has 0 aliphatic rings. The summed E-state index contributed by atoms with van der Waals surface area (Å²) in [6.07, 6.45) is 0.531. The maximum Gasteiger partial charge on any atom is 0.354 e. The van der Waals surface area contributed by atoms with E-state index >= 15 is 0 Å². The van der Waals surface area contributed by atoms with Crippen molar-refractivity contribution in [2.75, 3.05) is 27.2 Å². The van der Waals surface area contributed by atoms with Gasteiger partial charge in [-0.2, -0.15) is 0 Å². The Morgan fingerprint density at radius 1 is 1.12 bits per heavy atom. The second-order valence-electron chi connectivity index (χ2n) is 3.66. The van der Waals surface area contributed by atoms with E-state index < -0.39 is 20.7 Å². The smallest absolute Gasteiger partial charge is 0.323 e. The predicted molar refractivity (Wildman–Crippen MR) is 59.0 cm³/mol. The van der Waals surface area contributed by atoms with Crippen LogP contribution in [0, 0.1) is 0 Å². The Balaban J connectivity index is 4.27. The zero-order valence-electron chi connectivity index (χ0n) is 9.15. The van der Waals surface area contributed by atoms with E-state index in [1.54, 1.807) is 0 Å². The molecule has 0 saturated carbocycles. The van der Waals surface area contributed by atoms with Gasteiger partial charge in [0.2, 0.25) is 5.52 Å². The monoisotopic (exact) mass is 276 g/mol. The van der Waals surface area contributed by atoms with Crippen LogP contribution < -0.4 is 5.32 Å². The van der Waals surface area contributed by atoms with Crippen LogP contribution in [0.1, 0.15) is 6.42 Å². The van der Waals surface area contributed by atoms with Gasteiger partial charge in [0.25, 0.3) is 0 Å². The van der Waals surface area contributed by atoms with E-state index in [1.165, 1.54) is 0 Å². The van der Waals surface area contributed by atoms with Crippen LogP contribution in [0.4, 0.5) is 0 Å². The van der Waals surface area contributed by atoms with Gasteiger partial charge >= 0.3 is 15.2 Å². The van der Waals surface area contributed by atoms with Crippen LogP contribution in [-0.4, -0.2) is 57.2 Å². The molecule has 0 amide bonds. The Bertz CT molecular complexity index is 275. The number of hydrogen-bond acceptors (Lipinski definition) is 4. The maximum atomic E-state index is 10.8. The van der Waals surface area contributed by atoms with Gasteiger partial charge in [0, 0.05) is 0 Å². The maximum absolute atomic E-state index is 10.8. The van der Waals surface area contributed by atoms with Crippen LogP contribution in [0.15, 0.2) is 0 Å². The average molecular weight is 276 g/mol. The summed E-state index contributed by atoms with van der Waals surface area (Å²) in [5, 5.41) is 2.20. The third-order valence-corrected chi connectivity index (χ3v) is 5.19. The standard InChI is InChI=1S/C6H18N2O6P2/c1-8(2)5-3-4-7-6(15(9,10)11)16(12,13)14/h6-7H,3-5H2,1-2H3,(H2,9,10,11)(H2,12,13,14). The first-order valence-electron chi connectivity index (χ1n) is 4.53. The second kappa shape index (κ2) is 6.23. The zero-order chi connectivity index (χ0) is 13.0. The first-order chi connectivity index (χ1) is 7.05. The Kier molecular flexibility index (Phi) is 6.32. The van der Waals surface area contributed by atoms with Crippen molar-refractivity contribution >= 4 is 15.2 Å². The highest BCUT2D eigenvalue weighted by Crippen LogP contribution is 2.58. The van der Waals surface area contributed by atoms with Crippen LogP contribution in [0.2, 0.25) is 0 Å². The highest BCUT2D eigenvalue weighted by molar-refractivity contribution is 7.70. The first kappa shape index (κ1) is 16.2. The van der Waals surface area contributed by atoms with Gasteiger partial charge in [0.1, 0.15) is 0 Å². The van der Waals surface area contributed by atoms with E-state index in [-0.39, 0.29) is 6.54 Å². The van der Waals surface area contributed by atoms with Crippen molar-refractivity contribution in [1.29, 1.82) is 0 Å². The molecule has 0 spiro atoms. The molecule has 8 nitrogen and oxygen atoms in total. The zero-order valence-corrected chi connectivity index (χ0v) is 10.9. The number of nitrogens with zero attached hydrogens (tertiary/aromatic N) is 1. The second-order valence-corrected chi connectivity index (χ2v) is 7.46. The summed E-state index contributed by atoms with van der Waals surface area (Å²) < 4.78 is 21.7. The lowest BCUT2D eigenvalue weighted by Crippen LogP contribution is -2.31. The highest BCUT2D eigenvalue weighted by atomic mass is 31.2. The Morgan fingerprint density at radius 2 is 1.56 bits per heavy atom. The van der Waals surface area contributed by atoms with Crippen molar-refractivity contribution in [3.8, 4) is 0 Å². The molecule has 0 saturated heterocycles. The van der Waals surface area contributed by atoms with E-state index in [1.807, 2.05) is 19.0 Å². The minimum atomic E-state index is -4.85. The summed E-state index contributed by atoms with van der Waals surface area (Å²) in [5.41, 5.74) is -2.11. The lowest BCUT2D eigenvalue weighted by atomic mass is 10.4. The first-order valence-corrected chi connectivity index (χ1v) is 7.90. The molecule has 0 rings (SSSR count). The van der Waals surface area contributed by atoms with E-state index in [4.69, 9.17) is 19.6 Å². The van der Waals surface area contributed by atoms with E-state index in [9.17, 15) is 9.13 Å². The quantitative estimate of drug-likeness (QED) is 0.301. The van der Waals surface area contributed by atoms with Gasteiger partial charge in [-0.25, -0.2) is 0 Å². The molecule has 0 aliphatic heterocycles. The summed E-state index contributed by atoms with van der Waals surface area (Å²) in [4.78, 5) is 36.9. The Morgan fingerprint density at radius 3 is 1.88 bits per heavy atom. The van der Waals surface area contributed by atoms with E-state index in [0.29, 0.717) is 13.0 Å². The van der Waals surface area contributed by atoms with Crippen molar-refractivity contribution in [3.05, 3.63) is 0 Å². The Hall–Kier alpha value is 0.220. The molecule has 0 atom stereocenters. The lowest BCUT2D eigenvalue weighted by Gasteiger charge is -2.21. The lowest BCUT2D eigenvalue weighted by molar-refractivity contribution is 0.325. The molecule has 98 valence electrons. The SMILES string of the molecule is CN(C)CCCNC(P(=O)(O)O)P(=O)(O)O. The molecule has 0 radical (unpaired) electrons. The average Bonchev–Trinajstić information content (AvgIpc) is 1.97. The summed E-state index contributed by atoms with van der Waals surface area (Å²) in [5.74, 6) is 0. The minimum Gasteiger partial charge on any atom is -0.323 e. The molecular formula is C6H18N2O6P2. The van der Waals surface area contributed by atoms with Gasteiger partial charge in [-0.1, -0.05) is 0 Å². The van der Waals surface area contributed by atoms with Crippen LogP contribution in [0.25, 0.3) is 0 Å². The summed E-state index contributed by atoms with van der Waals surface area (Å²) in [7, 11) is -6.05. The highest BCUT2D eigenvalue weighted by Gasteiger charge is 2.42. The van der Waals surface area contributed by atoms with Crippen molar-refractivity contribution < 1.29 is 28.7 Å². The summed E-state index contributed by atoms with van der Waals surface area (Å²) in [6, 6.07) is 0. The molecule has 16 heavy (non-hydrogen) atoms. The van der Waals surface area contributed by atoms with Gasteiger partial charge in [-0.05, 0) is 33.6 Å². The molecule has 0 aromatic heterocycles. The van der Waals surface area contributed by atoms with Gasteiger partial charge in [-0.15, -0.1) is 0 Å². The van der Waals surface area contributed by atoms with E-state index in [0.717, 1.165) is 0 Å². The van der Waals surface area contributed by atoms with Crippen molar-refractivity contribution in [2.24, 2.45) is 0 Å². The van der Waals surface area contributed by atoms with Crippen LogP contribution >= 0.6 is 15.2 Å². The van der Waals surface area contributed by atoms with Crippen LogP contribution in [-0.2, 0) is 9.13 Å². The third kappa shape index (κ3) is 6.73. The van der Waals surface area contributed by atoms with Gasteiger partial charge in [0.05, 0.1) is 0 Å². The fourth-order valence-corrected chi connectivity index (χ4v) is 3.36. The molecule has 0 heterocycles. The number of hydrogen-bond donors (Lipinski definition) is 5. The molecule has 5 N–H and O–H groups in total. The largest absolute Gasteiger partial charge is 0.354 e. The summed E-state index contributed by atoms with van der Waals surface area (Å²) in [6.45, 7) is 0.779. The molecule has 0 bridgehead atoms. The van der Waals surface area contributed by atoms with Crippen LogP contribution in [0.3, 0.4) is 0 Å².